The smallest absolute Gasteiger partial charge is 0.138 e. The summed E-state index contributed by atoms with van der Waals surface area (Å²) in [6.07, 6.45) is 1.01. The molecule has 0 saturated carbocycles. The second-order valence-electron chi connectivity index (χ2n) is 5.05. The molecule has 5 heteroatoms. The van der Waals surface area contributed by atoms with E-state index in [0.29, 0.717) is 0 Å². The average molecular weight is 237 g/mol. The number of aryl methyl sites for hydroxylation is 2. The van der Waals surface area contributed by atoms with Gasteiger partial charge in [-0.1, -0.05) is 6.92 Å². The van der Waals surface area contributed by atoms with E-state index in [1.807, 2.05) is 21.0 Å². The molecule has 0 unspecified atom stereocenters. The molecule has 0 aliphatic heterocycles. The van der Waals surface area contributed by atoms with Crippen molar-refractivity contribution >= 4 is 11.7 Å². The molecule has 0 bridgehead atoms. The number of rotatable bonds is 4. The van der Waals surface area contributed by atoms with Crippen LogP contribution in [0.2, 0.25) is 0 Å². The van der Waals surface area contributed by atoms with Crippen molar-refractivity contribution in [2.24, 2.45) is 12.8 Å². The number of nitrogens with one attached hydrogen (secondary N) is 1. The predicted octanol–water partition coefficient (Wildman–Crippen LogP) is 1.64. The summed E-state index contributed by atoms with van der Waals surface area (Å²) in [5.74, 6) is 0.978. The minimum atomic E-state index is 0.00440. The molecule has 1 rings (SSSR count). The maximum Gasteiger partial charge on any atom is 0.138 e. The van der Waals surface area contributed by atoms with Gasteiger partial charge < -0.3 is 10.6 Å². The zero-order chi connectivity index (χ0) is 13.4. The van der Waals surface area contributed by atoms with E-state index < -0.39 is 0 Å². The maximum absolute atomic E-state index is 7.68. The lowest BCUT2D eigenvalue weighted by Gasteiger charge is -2.37. The normalized spacial score (nSPS) is 11.6. The first-order chi connectivity index (χ1) is 7.72. The van der Waals surface area contributed by atoms with Crippen molar-refractivity contribution in [1.82, 2.24) is 9.78 Å². The van der Waals surface area contributed by atoms with Crippen molar-refractivity contribution in [3.8, 4) is 0 Å². The minimum Gasteiger partial charge on any atom is -0.384 e. The van der Waals surface area contributed by atoms with E-state index in [9.17, 15) is 0 Å². The van der Waals surface area contributed by atoms with Crippen LogP contribution < -0.4 is 10.6 Å². The third-order valence-electron chi connectivity index (χ3n) is 3.55. The third kappa shape index (κ3) is 2.28. The van der Waals surface area contributed by atoms with Crippen LogP contribution in [0.15, 0.2) is 0 Å². The van der Waals surface area contributed by atoms with Crippen LogP contribution in [-0.2, 0) is 7.05 Å². The summed E-state index contributed by atoms with van der Waals surface area (Å²) < 4.78 is 1.80. The number of anilines is 1. The largest absolute Gasteiger partial charge is 0.384 e. The molecule has 0 aliphatic carbocycles. The lowest BCUT2D eigenvalue weighted by molar-refractivity contribution is 0.460. The van der Waals surface area contributed by atoms with Gasteiger partial charge in [0.1, 0.15) is 11.7 Å². The molecular formula is C12H23N5. The average Bonchev–Trinajstić information content (AvgIpc) is 2.52. The van der Waals surface area contributed by atoms with Crippen LogP contribution in [0.3, 0.4) is 0 Å². The Morgan fingerprint density at radius 3 is 2.47 bits per heavy atom. The Hall–Kier alpha value is -1.52. The second-order valence-corrected chi connectivity index (χ2v) is 5.05. The van der Waals surface area contributed by atoms with Crippen molar-refractivity contribution in [2.75, 3.05) is 11.9 Å². The quantitative estimate of drug-likeness (QED) is 0.617. The molecular weight excluding hydrogens is 214 g/mol. The number of nitrogen functional groups attached to an aromatic ring is 1. The SMILES string of the molecule is CCC(C)(C)N(C)c1c(C(=N)N)c(C)nn1C. The van der Waals surface area contributed by atoms with E-state index in [2.05, 4.69) is 30.8 Å². The summed E-state index contributed by atoms with van der Waals surface area (Å²) in [7, 11) is 3.91. The Labute approximate surface area is 103 Å². The standard InChI is InChI=1S/C12H23N5/c1-7-12(3,4)16(5)11-9(10(13)14)8(2)15-17(11)6/h7H2,1-6H3,(H3,13,14). The molecule has 0 aliphatic rings. The van der Waals surface area contributed by atoms with Gasteiger partial charge >= 0.3 is 0 Å². The van der Waals surface area contributed by atoms with Gasteiger partial charge in [0.05, 0.1) is 11.3 Å². The lowest BCUT2D eigenvalue weighted by atomic mass is 9.99. The number of nitrogens with two attached hydrogens (primary N) is 1. The Bertz CT molecular complexity index is 430. The summed E-state index contributed by atoms with van der Waals surface area (Å²) in [6, 6.07) is 0. The first kappa shape index (κ1) is 13.5. The highest BCUT2D eigenvalue weighted by Crippen LogP contribution is 2.29. The fourth-order valence-corrected chi connectivity index (χ4v) is 1.87. The van der Waals surface area contributed by atoms with Gasteiger partial charge in [-0.3, -0.25) is 10.1 Å². The number of hydrogen-bond acceptors (Lipinski definition) is 3. The number of hydrogen-bond donors (Lipinski definition) is 2. The predicted molar refractivity (Wildman–Crippen MR) is 71.7 cm³/mol. The van der Waals surface area contributed by atoms with E-state index in [0.717, 1.165) is 23.5 Å². The highest BCUT2D eigenvalue weighted by Gasteiger charge is 2.28. The van der Waals surface area contributed by atoms with E-state index in [1.54, 1.807) is 4.68 Å². The molecule has 0 aromatic carbocycles. The van der Waals surface area contributed by atoms with Gasteiger partial charge in [0.2, 0.25) is 0 Å². The van der Waals surface area contributed by atoms with Crippen LogP contribution in [-0.4, -0.2) is 28.2 Å². The highest BCUT2D eigenvalue weighted by molar-refractivity contribution is 6.01. The van der Waals surface area contributed by atoms with Crippen LogP contribution in [0.5, 0.6) is 0 Å². The van der Waals surface area contributed by atoms with Gasteiger partial charge in [-0.15, -0.1) is 0 Å². The van der Waals surface area contributed by atoms with Crippen LogP contribution >= 0.6 is 0 Å². The fourth-order valence-electron chi connectivity index (χ4n) is 1.87. The zero-order valence-electron chi connectivity index (χ0n) is 11.6. The molecule has 0 saturated heterocycles. The van der Waals surface area contributed by atoms with E-state index in [1.165, 1.54) is 0 Å². The monoisotopic (exact) mass is 237 g/mol. The van der Waals surface area contributed by atoms with Crippen LogP contribution in [0.1, 0.15) is 38.4 Å². The van der Waals surface area contributed by atoms with Crippen molar-refractivity contribution < 1.29 is 0 Å². The summed E-state index contributed by atoms with van der Waals surface area (Å²) >= 11 is 0. The molecule has 0 spiro atoms. The maximum atomic E-state index is 7.68. The Balaban J connectivity index is 3.36. The van der Waals surface area contributed by atoms with Gasteiger partial charge in [0.15, 0.2) is 0 Å². The van der Waals surface area contributed by atoms with Crippen LogP contribution in [0.4, 0.5) is 5.82 Å². The van der Waals surface area contributed by atoms with Gasteiger partial charge in [0.25, 0.3) is 0 Å². The van der Waals surface area contributed by atoms with Gasteiger partial charge in [0, 0.05) is 19.6 Å². The molecule has 1 aromatic heterocycles. The second kappa shape index (κ2) is 4.39. The molecule has 1 aromatic rings. The topological polar surface area (TPSA) is 70.9 Å². The molecule has 96 valence electrons. The summed E-state index contributed by atoms with van der Waals surface area (Å²) in [4.78, 5) is 2.14. The number of amidine groups is 1. The summed E-state index contributed by atoms with van der Waals surface area (Å²) in [5.41, 5.74) is 7.19. The zero-order valence-corrected chi connectivity index (χ0v) is 11.6. The summed E-state index contributed by atoms with van der Waals surface area (Å²) in [6.45, 7) is 8.36. The van der Waals surface area contributed by atoms with E-state index in [-0.39, 0.29) is 11.4 Å². The molecule has 0 atom stereocenters. The molecule has 0 fully saturated rings. The first-order valence-corrected chi connectivity index (χ1v) is 5.84. The fraction of sp³-hybridized carbons (Fsp3) is 0.667. The van der Waals surface area contributed by atoms with Gasteiger partial charge in [-0.05, 0) is 27.2 Å². The molecule has 0 radical (unpaired) electrons. The number of aromatic nitrogens is 2. The van der Waals surface area contributed by atoms with Crippen molar-refractivity contribution in [3.05, 3.63) is 11.3 Å². The molecule has 0 amide bonds. The van der Waals surface area contributed by atoms with Crippen LogP contribution in [0.25, 0.3) is 0 Å². The third-order valence-corrected chi connectivity index (χ3v) is 3.55. The first-order valence-electron chi connectivity index (χ1n) is 5.84. The highest BCUT2D eigenvalue weighted by atomic mass is 15.4. The molecule has 3 N–H and O–H groups in total. The van der Waals surface area contributed by atoms with E-state index in [4.69, 9.17) is 11.1 Å². The minimum absolute atomic E-state index is 0.00440. The molecule has 17 heavy (non-hydrogen) atoms. The Kier molecular flexibility index (Phi) is 3.50. The number of nitrogens with zero attached hydrogens (tertiary/aromatic N) is 3. The van der Waals surface area contributed by atoms with E-state index >= 15 is 0 Å². The van der Waals surface area contributed by atoms with Crippen LogP contribution in [0, 0.1) is 12.3 Å². The van der Waals surface area contributed by atoms with Crippen molar-refractivity contribution in [3.63, 3.8) is 0 Å². The van der Waals surface area contributed by atoms with Gasteiger partial charge in [-0.2, -0.15) is 5.10 Å². The van der Waals surface area contributed by atoms with Gasteiger partial charge in [-0.25, -0.2) is 0 Å². The Morgan fingerprint density at radius 2 is 2.06 bits per heavy atom. The molecule has 5 nitrogen and oxygen atoms in total. The molecule has 1 heterocycles. The summed E-state index contributed by atoms with van der Waals surface area (Å²) in [5, 5.41) is 12.0. The Morgan fingerprint density at radius 1 is 1.53 bits per heavy atom. The van der Waals surface area contributed by atoms with Crippen molar-refractivity contribution in [2.45, 2.75) is 39.7 Å². The van der Waals surface area contributed by atoms with Crippen molar-refractivity contribution in [1.29, 1.82) is 5.41 Å². The lowest BCUT2D eigenvalue weighted by Crippen LogP contribution is -2.42.